The zero-order chi connectivity index (χ0) is 16.5. The number of hydrogen-bond acceptors (Lipinski definition) is 4. The number of nitrogens with one attached hydrogen (secondary N) is 1. The highest BCUT2D eigenvalue weighted by atomic mass is 16.5. The second kappa shape index (κ2) is 6.36. The summed E-state index contributed by atoms with van der Waals surface area (Å²) >= 11 is 0. The van der Waals surface area contributed by atoms with Crippen LogP contribution in [0.15, 0.2) is 36.9 Å². The summed E-state index contributed by atoms with van der Waals surface area (Å²) in [5, 5.41) is 3.19. The Bertz CT molecular complexity index is 715. The number of amides is 1. The summed E-state index contributed by atoms with van der Waals surface area (Å²) in [6.07, 6.45) is 8.94. The van der Waals surface area contributed by atoms with E-state index in [1.165, 1.54) is 0 Å². The van der Waals surface area contributed by atoms with Gasteiger partial charge in [0.1, 0.15) is 11.9 Å². The van der Waals surface area contributed by atoms with E-state index in [4.69, 9.17) is 4.74 Å². The van der Waals surface area contributed by atoms with Crippen LogP contribution >= 0.6 is 0 Å². The van der Waals surface area contributed by atoms with E-state index >= 15 is 0 Å². The van der Waals surface area contributed by atoms with Gasteiger partial charge in [-0.2, -0.15) is 0 Å². The molecule has 0 spiro atoms. The Hall–Kier alpha value is -2.21. The number of carbonyl (C=O) groups excluding carboxylic acids is 1. The molecule has 2 unspecified atom stereocenters. The van der Waals surface area contributed by atoms with Crippen molar-refractivity contribution in [2.75, 3.05) is 6.61 Å². The number of rotatable bonds is 5. The molecule has 126 valence electrons. The minimum Gasteiger partial charge on any atom is -0.368 e. The molecule has 6 heteroatoms. The van der Waals surface area contributed by atoms with Crippen LogP contribution in [0.3, 0.4) is 0 Å². The van der Waals surface area contributed by atoms with Crippen molar-refractivity contribution < 1.29 is 9.53 Å². The van der Waals surface area contributed by atoms with Crippen molar-refractivity contribution in [2.24, 2.45) is 5.92 Å². The van der Waals surface area contributed by atoms with E-state index in [0.717, 1.165) is 30.8 Å². The first-order valence-electron chi connectivity index (χ1n) is 8.61. The van der Waals surface area contributed by atoms with Crippen molar-refractivity contribution in [3.8, 4) is 0 Å². The van der Waals surface area contributed by atoms with Gasteiger partial charge in [0.15, 0.2) is 0 Å². The van der Waals surface area contributed by atoms with E-state index in [0.29, 0.717) is 12.5 Å². The zero-order valence-electron chi connectivity index (χ0n) is 13.8. The van der Waals surface area contributed by atoms with Gasteiger partial charge in [0, 0.05) is 43.9 Å². The molecule has 4 rings (SSSR count). The Morgan fingerprint density at radius 1 is 1.46 bits per heavy atom. The summed E-state index contributed by atoms with van der Waals surface area (Å²) in [6, 6.07) is 3.97. The van der Waals surface area contributed by atoms with Gasteiger partial charge in [-0.3, -0.25) is 9.78 Å². The molecule has 1 saturated heterocycles. The fourth-order valence-corrected chi connectivity index (χ4v) is 3.58. The number of nitrogens with zero attached hydrogens (tertiary/aromatic N) is 3. The van der Waals surface area contributed by atoms with Gasteiger partial charge in [0.25, 0.3) is 0 Å². The highest BCUT2D eigenvalue weighted by molar-refractivity contribution is 5.83. The zero-order valence-corrected chi connectivity index (χ0v) is 13.8. The van der Waals surface area contributed by atoms with Gasteiger partial charge < -0.3 is 14.6 Å². The third kappa shape index (κ3) is 2.82. The van der Waals surface area contributed by atoms with E-state index in [-0.39, 0.29) is 24.0 Å². The first-order valence-corrected chi connectivity index (χ1v) is 8.61. The third-order valence-electron chi connectivity index (χ3n) is 5.00. The summed E-state index contributed by atoms with van der Waals surface area (Å²) in [4.78, 5) is 21.2. The van der Waals surface area contributed by atoms with Gasteiger partial charge in [-0.25, -0.2) is 4.98 Å². The van der Waals surface area contributed by atoms with Crippen molar-refractivity contribution in [1.29, 1.82) is 0 Å². The Kier molecular flexibility index (Phi) is 4.06. The highest BCUT2D eigenvalue weighted by Gasteiger charge is 2.45. The van der Waals surface area contributed by atoms with Crippen molar-refractivity contribution in [1.82, 2.24) is 19.9 Å². The molecule has 0 bridgehead atoms. The molecule has 1 aliphatic carbocycles. The summed E-state index contributed by atoms with van der Waals surface area (Å²) < 4.78 is 7.93. The molecule has 2 fully saturated rings. The maximum absolute atomic E-state index is 12.6. The molecule has 4 atom stereocenters. The van der Waals surface area contributed by atoms with Crippen LogP contribution in [0.5, 0.6) is 0 Å². The molecule has 0 aromatic carbocycles. The molecule has 0 radical (unpaired) electrons. The third-order valence-corrected chi connectivity index (χ3v) is 5.00. The summed E-state index contributed by atoms with van der Waals surface area (Å²) in [7, 11) is 0. The van der Waals surface area contributed by atoms with Crippen molar-refractivity contribution >= 4 is 5.91 Å². The van der Waals surface area contributed by atoms with E-state index in [1.54, 1.807) is 12.4 Å². The minimum atomic E-state index is -0.153. The summed E-state index contributed by atoms with van der Waals surface area (Å²) in [5.41, 5.74) is 1.15. The van der Waals surface area contributed by atoms with Crippen LogP contribution in [-0.4, -0.2) is 33.1 Å². The van der Waals surface area contributed by atoms with Crippen LogP contribution in [-0.2, 0) is 16.1 Å². The smallest absolute Gasteiger partial charge is 0.224 e. The number of hydrogen-bond donors (Lipinski definition) is 1. The highest BCUT2D eigenvalue weighted by Crippen LogP contribution is 2.47. The largest absolute Gasteiger partial charge is 0.368 e. The van der Waals surface area contributed by atoms with Crippen LogP contribution in [0.2, 0.25) is 0 Å². The molecule has 24 heavy (non-hydrogen) atoms. The summed E-state index contributed by atoms with van der Waals surface area (Å²) in [5.74, 6) is 1.39. The first kappa shape index (κ1) is 15.3. The number of ether oxygens (including phenoxy) is 1. The van der Waals surface area contributed by atoms with Crippen LogP contribution in [0.25, 0.3) is 0 Å². The van der Waals surface area contributed by atoms with Gasteiger partial charge >= 0.3 is 0 Å². The lowest BCUT2D eigenvalue weighted by atomic mass is 10.1. The quantitative estimate of drug-likeness (QED) is 0.913. The average Bonchev–Trinajstić information content (AvgIpc) is 3.06. The van der Waals surface area contributed by atoms with Crippen LogP contribution < -0.4 is 5.32 Å². The Morgan fingerprint density at radius 2 is 2.38 bits per heavy atom. The fourth-order valence-electron chi connectivity index (χ4n) is 3.58. The van der Waals surface area contributed by atoms with Gasteiger partial charge in [-0.1, -0.05) is 6.07 Å². The number of aryl methyl sites for hydroxylation is 1. The molecule has 2 aromatic heterocycles. The summed E-state index contributed by atoms with van der Waals surface area (Å²) in [6.45, 7) is 3.58. The number of aromatic nitrogens is 3. The maximum atomic E-state index is 12.6. The average molecular weight is 326 g/mol. The van der Waals surface area contributed by atoms with Crippen LogP contribution in [0.1, 0.15) is 43.2 Å². The lowest BCUT2D eigenvalue weighted by Crippen LogP contribution is -2.38. The molecular weight excluding hydrogens is 304 g/mol. The molecule has 2 aromatic rings. The Balaban J connectivity index is 1.41. The van der Waals surface area contributed by atoms with Crippen molar-refractivity contribution in [3.63, 3.8) is 0 Å². The van der Waals surface area contributed by atoms with Crippen LogP contribution in [0, 0.1) is 5.92 Å². The molecule has 6 nitrogen and oxygen atoms in total. The number of imidazole rings is 1. The monoisotopic (exact) mass is 326 g/mol. The Morgan fingerprint density at radius 3 is 3.17 bits per heavy atom. The molecule has 1 aliphatic heterocycles. The Labute approximate surface area is 141 Å². The SMILES string of the molecule is CCn1ccnc1[C@H]1OCC[C@@H]1NC(=O)C1CC1c1cccnc1. The van der Waals surface area contributed by atoms with Crippen molar-refractivity contribution in [3.05, 3.63) is 48.3 Å². The normalized spacial score (nSPS) is 28.7. The van der Waals surface area contributed by atoms with E-state index in [1.807, 2.05) is 24.5 Å². The lowest BCUT2D eigenvalue weighted by molar-refractivity contribution is -0.123. The number of pyridine rings is 1. The van der Waals surface area contributed by atoms with E-state index in [2.05, 4.69) is 26.8 Å². The topological polar surface area (TPSA) is 69.0 Å². The van der Waals surface area contributed by atoms with E-state index < -0.39 is 0 Å². The van der Waals surface area contributed by atoms with Crippen molar-refractivity contribution in [2.45, 2.75) is 44.4 Å². The predicted octanol–water partition coefficient (Wildman–Crippen LogP) is 2.05. The standard InChI is InChI=1S/C18H22N4O2/c1-2-22-8-7-20-17(22)16-15(5-9-24-16)21-18(23)14-10-13(14)12-4-3-6-19-11-12/h3-4,6-8,11,13-16H,2,5,9-10H2,1H3,(H,21,23)/t13?,14?,15-,16-/m0/s1. The molecular formula is C18H22N4O2. The lowest BCUT2D eigenvalue weighted by Gasteiger charge is -2.20. The minimum absolute atomic E-state index is 0.000323. The van der Waals surface area contributed by atoms with Gasteiger partial charge in [-0.15, -0.1) is 0 Å². The fraction of sp³-hybridized carbons (Fsp3) is 0.500. The van der Waals surface area contributed by atoms with Gasteiger partial charge in [0.05, 0.1) is 6.04 Å². The van der Waals surface area contributed by atoms with Gasteiger partial charge in [0.2, 0.25) is 5.91 Å². The second-order valence-electron chi connectivity index (χ2n) is 6.50. The second-order valence-corrected chi connectivity index (χ2v) is 6.50. The molecule has 3 heterocycles. The molecule has 1 saturated carbocycles. The van der Waals surface area contributed by atoms with Crippen LogP contribution in [0.4, 0.5) is 0 Å². The first-order chi connectivity index (χ1) is 11.8. The molecule has 1 N–H and O–H groups in total. The molecule has 1 amide bonds. The van der Waals surface area contributed by atoms with E-state index in [9.17, 15) is 4.79 Å². The predicted molar refractivity (Wildman–Crippen MR) is 88.2 cm³/mol. The maximum Gasteiger partial charge on any atom is 0.224 e. The molecule has 2 aliphatic rings. The number of carbonyl (C=O) groups is 1. The van der Waals surface area contributed by atoms with Gasteiger partial charge in [-0.05, 0) is 37.3 Å².